The first-order valence-electron chi connectivity index (χ1n) is 5.70. The number of hydrogen-bond donors (Lipinski definition) is 1. The maximum atomic E-state index is 13.4. The van der Waals surface area contributed by atoms with Crippen molar-refractivity contribution < 1.29 is 4.39 Å². The van der Waals surface area contributed by atoms with Crippen LogP contribution in [0.15, 0.2) is 18.2 Å². The van der Waals surface area contributed by atoms with Crippen molar-refractivity contribution in [3.05, 3.63) is 40.7 Å². The first kappa shape index (κ1) is 13.0. The number of nitrogens with one attached hydrogen (secondary N) is 1. The van der Waals surface area contributed by atoms with Gasteiger partial charge in [0.25, 0.3) is 0 Å². The smallest absolute Gasteiger partial charge is 0.148 e. The summed E-state index contributed by atoms with van der Waals surface area (Å²) in [6.07, 6.45) is 0. The average molecular weight is 269 g/mol. The van der Waals surface area contributed by atoms with Crippen molar-refractivity contribution in [2.24, 2.45) is 0 Å². The number of rotatable bonds is 4. The van der Waals surface area contributed by atoms with Crippen molar-refractivity contribution in [3.8, 4) is 5.69 Å². The van der Waals surface area contributed by atoms with E-state index < -0.39 is 5.82 Å². The Balaban J connectivity index is 2.39. The first-order chi connectivity index (χ1) is 8.61. The van der Waals surface area contributed by atoms with Gasteiger partial charge in [0.2, 0.25) is 0 Å². The minimum absolute atomic E-state index is 0.101. The number of benzene rings is 1. The summed E-state index contributed by atoms with van der Waals surface area (Å²) >= 11 is 5.66. The highest BCUT2D eigenvalue weighted by Gasteiger charge is 2.10. The lowest BCUT2D eigenvalue weighted by molar-refractivity contribution is 0.622. The molecule has 2 rings (SSSR count). The molecule has 0 amide bonds. The first-order valence-corrected chi connectivity index (χ1v) is 6.08. The molecule has 0 aliphatic rings. The van der Waals surface area contributed by atoms with E-state index in [1.165, 1.54) is 12.1 Å². The molecule has 0 radical (unpaired) electrons. The SMILES string of the molecule is CCNCc1nc(C)nn1-c1ccc(Cl)c(F)c1. The second kappa shape index (κ2) is 5.46. The third-order valence-corrected chi connectivity index (χ3v) is 2.77. The van der Waals surface area contributed by atoms with E-state index in [-0.39, 0.29) is 5.02 Å². The minimum atomic E-state index is -0.461. The lowest BCUT2D eigenvalue weighted by Gasteiger charge is -2.06. The van der Waals surface area contributed by atoms with E-state index in [2.05, 4.69) is 15.4 Å². The van der Waals surface area contributed by atoms with E-state index in [4.69, 9.17) is 11.6 Å². The van der Waals surface area contributed by atoms with Crippen LogP contribution < -0.4 is 5.32 Å². The Morgan fingerprint density at radius 2 is 2.22 bits per heavy atom. The van der Waals surface area contributed by atoms with E-state index in [1.807, 2.05) is 6.92 Å². The highest BCUT2D eigenvalue weighted by Crippen LogP contribution is 2.18. The molecule has 18 heavy (non-hydrogen) atoms. The van der Waals surface area contributed by atoms with Gasteiger partial charge in [-0.2, -0.15) is 5.10 Å². The molecule has 1 aromatic heterocycles. The number of aromatic nitrogens is 3. The summed E-state index contributed by atoms with van der Waals surface area (Å²) in [6, 6.07) is 4.58. The van der Waals surface area contributed by atoms with Gasteiger partial charge in [-0.15, -0.1) is 0 Å². The number of aryl methyl sites for hydroxylation is 1. The van der Waals surface area contributed by atoms with Gasteiger partial charge in [-0.25, -0.2) is 14.1 Å². The van der Waals surface area contributed by atoms with Gasteiger partial charge < -0.3 is 5.32 Å². The van der Waals surface area contributed by atoms with Crippen molar-refractivity contribution in [2.75, 3.05) is 6.54 Å². The van der Waals surface area contributed by atoms with Gasteiger partial charge >= 0.3 is 0 Å². The van der Waals surface area contributed by atoms with E-state index in [1.54, 1.807) is 17.7 Å². The molecule has 4 nitrogen and oxygen atoms in total. The van der Waals surface area contributed by atoms with Crippen LogP contribution in [0.1, 0.15) is 18.6 Å². The fourth-order valence-corrected chi connectivity index (χ4v) is 1.75. The fourth-order valence-electron chi connectivity index (χ4n) is 1.63. The number of halogens is 2. The average Bonchev–Trinajstić information content (AvgIpc) is 2.71. The molecule has 0 aliphatic carbocycles. The van der Waals surface area contributed by atoms with Crippen molar-refractivity contribution in [1.82, 2.24) is 20.1 Å². The van der Waals surface area contributed by atoms with Crippen LogP contribution in [0.25, 0.3) is 5.69 Å². The quantitative estimate of drug-likeness (QED) is 0.926. The number of nitrogens with zero attached hydrogens (tertiary/aromatic N) is 3. The highest BCUT2D eigenvalue weighted by molar-refractivity contribution is 6.30. The van der Waals surface area contributed by atoms with Crippen LogP contribution >= 0.6 is 11.6 Å². The second-order valence-corrected chi connectivity index (χ2v) is 4.27. The zero-order valence-corrected chi connectivity index (χ0v) is 11.0. The zero-order chi connectivity index (χ0) is 13.1. The van der Waals surface area contributed by atoms with Gasteiger partial charge in [0, 0.05) is 6.07 Å². The Labute approximate surface area is 110 Å². The molecular formula is C12H14ClFN4. The molecule has 0 saturated carbocycles. The molecule has 1 heterocycles. The van der Waals surface area contributed by atoms with Crippen molar-refractivity contribution in [2.45, 2.75) is 20.4 Å². The largest absolute Gasteiger partial charge is 0.310 e. The van der Waals surface area contributed by atoms with E-state index >= 15 is 0 Å². The number of hydrogen-bond acceptors (Lipinski definition) is 3. The molecule has 0 fully saturated rings. The molecule has 0 aliphatic heterocycles. The topological polar surface area (TPSA) is 42.7 Å². The molecule has 0 spiro atoms. The van der Waals surface area contributed by atoms with Crippen LogP contribution in [0.4, 0.5) is 4.39 Å². The summed E-state index contributed by atoms with van der Waals surface area (Å²) in [5.74, 6) is 0.936. The molecule has 96 valence electrons. The van der Waals surface area contributed by atoms with Crippen LogP contribution in [0.2, 0.25) is 5.02 Å². The Kier molecular flexibility index (Phi) is 3.93. The lowest BCUT2D eigenvalue weighted by Crippen LogP contribution is -2.16. The van der Waals surface area contributed by atoms with E-state index in [0.717, 1.165) is 12.4 Å². The van der Waals surface area contributed by atoms with Crippen LogP contribution in [0.5, 0.6) is 0 Å². The summed E-state index contributed by atoms with van der Waals surface area (Å²) in [7, 11) is 0. The molecule has 1 aromatic carbocycles. The molecular weight excluding hydrogens is 255 g/mol. The van der Waals surface area contributed by atoms with Crippen molar-refractivity contribution in [3.63, 3.8) is 0 Å². The van der Waals surface area contributed by atoms with Crippen molar-refractivity contribution in [1.29, 1.82) is 0 Å². The third kappa shape index (κ3) is 2.68. The maximum Gasteiger partial charge on any atom is 0.148 e. The molecule has 0 bridgehead atoms. The van der Waals surface area contributed by atoms with E-state index in [9.17, 15) is 4.39 Å². The normalized spacial score (nSPS) is 10.9. The predicted molar refractivity (Wildman–Crippen MR) is 68.4 cm³/mol. The summed E-state index contributed by atoms with van der Waals surface area (Å²) in [4.78, 5) is 4.31. The molecule has 0 saturated heterocycles. The Bertz CT molecular complexity index is 553. The molecule has 6 heteroatoms. The van der Waals surface area contributed by atoms with Gasteiger partial charge in [-0.3, -0.25) is 0 Å². The minimum Gasteiger partial charge on any atom is -0.310 e. The Hall–Kier alpha value is -1.46. The summed E-state index contributed by atoms with van der Waals surface area (Å²) in [5, 5.41) is 7.53. The van der Waals surface area contributed by atoms with Gasteiger partial charge in [-0.05, 0) is 25.6 Å². The van der Waals surface area contributed by atoms with Crippen LogP contribution in [0, 0.1) is 12.7 Å². The predicted octanol–water partition coefficient (Wildman–Crippen LogP) is 2.48. The van der Waals surface area contributed by atoms with Gasteiger partial charge in [0.05, 0.1) is 17.3 Å². The molecule has 2 aromatic rings. The van der Waals surface area contributed by atoms with E-state index in [0.29, 0.717) is 18.1 Å². The summed E-state index contributed by atoms with van der Waals surface area (Å²) in [5.41, 5.74) is 0.616. The van der Waals surface area contributed by atoms with Gasteiger partial charge in [0.15, 0.2) is 0 Å². The molecule has 0 atom stereocenters. The fraction of sp³-hybridized carbons (Fsp3) is 0.333. The molecule has 0 unspecified atom stereocenters. The van der Waals surface area contributed by atoms with Gasteiger partial charge in [-0.1, -0.05) is 18.5 Å². The maximum absolute atomic E-state index is 13.4. The monoisotopic (exact) mass is 268 g/mol. The Morgan fingerprint density at radius 3 is 2.89 bits per heavy atom. The zero-order valence-electron chi connectivity index (χ0n) is 10.2. The van der Waals surface area contributed by atoms with Crippen molar-refractivity contribution >= 4 is 11.6 Å². The summed E-state index contributed by atoms with van der Waals surface area (Å²) < 4.78 is 15.1. The third-order valence-electron chi connectivity index (χ3n) is 2.46. The molecule has 1 N–H and O–H groups in total. The summed E-state index contributed by atoms with van der Waals surface area (Å²) in [6.45, 7) is 5.23. The highest BCUT2D eigenvalue weighted by atomic mass is 35.5. The van der Waals surface area contributed by atoms with Crippen LogP contribution in [-0.4, -0.2) is 21.3 Å². The second-order valence-electron chi connectivity index (χ2n) is 3.87. The standard InChI is InChI=1S/C12H14ClFN4/c1-3-15-7-12-16-8(2)17-18(12)9-4-5-10(13)11(14)6-9/h4-6,15H,3,7H2,1-2H3. The van der Waals surface area contributed by atoms with Crippen LogP contribution in [0.3, 0.4) is 0 Å². The van der Waals surface area contributed by atoms with Gasteiger partial charge in [0.1, 0.15) is 17.5 Å². The Morgan fingerprint density at radius 1 is 1.44 bits per heavy atom. The lowest BCUT2D eigenvalue weighted by atomic mass is 10.3. The van der Waals surface area contributed by atoms with Crippen LogP contribution in [-0.2, 0) is 6.54 Å².